The van der Waals surface area contributed by atoms with Gasteiger partial charge in [0.1, 0.15) is 5.82 Å². The molecule has 1 N–H and O–H groups in total. The smallest absolute Gasteiger partial charge is 0.123 e. The lowest BCUT2D eigenvalue weighted by Crippen LogP contribution is -2.32. The van der Waals surface area contributed by atoms with Gasteiger partial charge in [-0.2, -0.15) is 0 Å². The summed E-state index contributed by atoms with van der Waals surface area (Å²) in [6.45, 7) is 11.9. The molecule has 1 rings (SSSR count). The highest BCUT2D eigenvalue weighted by Crippen LogP contribution is 2.20. The van der Waals surface area contributed by atoms with Gasteiger partial charge in [0.25, 0.3) is 0 Å². The van der Waals surface area contributed by atoms with E-state index in [-0.39, 0.29) is 5.82 Å². The first-order valence-corrected chi connectivity index (χ1v) is 6.88. The third-order valence-corrected chi connectivity index (χ3v) is 3.52. The van der Waals surface area contributed by atoms with Gasteiger partial charge in [0, 0.05) is 6.04 Å². The summed E-state index contributed by atoms with van der Waals surface area (Å²) in [6, 6.07) is 5.63. The number of benzene rings is 1. The summed E-state index contributed by atoms with van der Waals surface area (Å²) in [7, 11) is 0. The molecule has 0 aromatic heterocycles. The molecule has 1 aromatic rings. The second-order valence-corrected chi connectivity index (χ2v) is 5.84. The van der Waals surface area contributed by atoms with Crippen LogP contribution in [0.5, 0.6) is 0 Å². The summed E-state index contributed by atoms with van der Waals surface area (Å²) in [4.78, 5) is 0. The van der Waals surface area contributed by atoms with Crippen molar-refractivity contribution >= 4 is 0 Å². The second-order valence-electron chi connectivity index (χ2n) is 5.84. The van der Waals surface area contributed by atoms with E-state index in [9.17, 15) is 4.39 Å². The number of aryl methyl sites for hydroxylation is 1. The molecule has 102 valence electrons. The van der Waals surface area contributed by atoms with Gasteiger partial charge in [-0.05, 0) is 55.0 Å². The average molecular weight is 251 g/mol. The second kappa shape index (κ2) is 6.89. The van der Waals surface area contributed by atoms with Gasteiger partial charge in [0.05, 0.1) is 0 Å². The number of hydrogen-bond donors (Lipinski definition) is 1. The van der Waals surface area contributed by atoms with Crippen molar-refractivity contribution in [1.82, 2.24) is 5.32 Å². The molecule has 0 radical (unpaired) electrons. The Morgan fingerprint density at radius 2 is 1.83 bits per heavy atom. The van der Waals surface area contributed by atoms with Gasteiger partial charge in [-0.3, -0.25) is 0 Å². The SMILES string of the molecule is Cc1cc(F)ccc1CC(CNC(C)C)C(C)C. The quantitative estimate of drug-likeness (QED) is 0.807. The van der Waals surface area contributed by atoms with Crippen molar-refractivity contribution in [3.63, 3.8) is 0 Å². The third kappa shape index (κ3) is 4.77. The molecule has 1 unspecified atom stereocenters. The van der Waals surface area contributed by atoms with E-state index in [0.717, 1.165) is 18.5 Å². The van der Waals surface area contributed by atoms with Crippen LogP contribution < -0.4 is 5.32 Å². The first-order valence-electron chi connectivity index (χ1n) is 6.88. The van der Waals surface area contributed by atoms with Crippen LogP contribution in [-0.4, -0.2) is 12.6 Å². The van der Waals surface area contributed by atoms with Crippen molar-refractivity contribution in [2.24, 2.45) is 11.8 Å². The molecule has 0 saturated heterocycles. The highest BCUT2D eigenvalue weighted by Gasteiger charge is 2.15. The first-order chi connectivity index (χ1) is 8.40. The highest BCUT2D eigenvalue weighted by atomic mass is 19.1. The predicted molar refractivity (Wildman–Crippen MR) is 76.3 cm³/mol. The molecule has 2 heteroatoms. The Labute approximate surface area is 111 Å². The van der Waals surface area contributed by atoms with Gasteiger partial charge < -0.3 is 5.32 Å². The van der Waals surface area contributed by atoms with Gasteiger partial charge in [0.2, 0.25) is 0 Å². The van der Waals surface area contributed by atoms with Crippen LogP contribution in [0.15, 0.2) is 18.2 Å². The van der Waals surface area contributed by atoms with Crippen LogP contribution in [0.1, 0.15) is 38.8 Å². The van der Waals surface area contributed by atoms with Crippen LogP contribution in [0.2, 0.25) is 0 Å². The lowest BCUT2D eigenvalue weighted by molar-refractivity contribution is 0.348. The molecule has 1 atom stereocenters. The summed E-state index contributed by atoms with van der Waals surface area (Å²) < 4.78 is 13.1. The molecule has 1 aromatic carbocycles. The van der Waals surface area contributed by atoms with Crippen molar-refractivity contribution in [3.05, 3.63) is 35.1 Å². The van der Waals surface area contributed by atoms with Gasteiger partial charge in [-0.25, -0.2) is 4.39 Å². The maximum absolute atomic E-state index is 13.1. The Kier molecular flexibility index (Phi) is 5.80. The van der Waals surface area contributed by atoms with Crippen molar-refractivity contribution < 1.29 is 4.39 Å². The Bertz CT molecular complexity index is 371. The van der Waals surface area contributed by atoms with Crippen LogP contribution in [0.25, 0.3) is 0 Å². The van der Waals surface area contributed by atoms with E-state index in [0.29, 0.717) is 17.9 Å². The first kappa shape index (κ1) is 15.2. The van der Waals surface area contributed by atoms with E-state index in [4.69, 9.17) is 0 Å². The average Bonchev–Trinajstić information content (AvgIpc) is 2.26. The summed E-state index contributed by atoms with van der Waals surface area (Å²) in [5.41, 5.74) is 2.32. The van der Waals surface area contributed by atoms with Crippen molar-refractivity contribution in [3.8, 4) is 0 Å². The molecule has 18 heavy (non-hydrogen) atoms. The zero-order chi connectivity index (χ0) is 13.7. The fourth-order valence-corrected chi connectivity index (χ4v) is 2.10. The molecule has 0 heterocycles. The molecular formula is C16H26FN. The van der Waals surface area contributed by atoms with E-state index in [1.807, 2.05) is 13.0 Å². The van der Waals surface area contributed by atoms with Gasteiger partial charge in [-0.15, -0.1) is 0 Å². The zero-order valence-electron chi connectivity index (χ0n) is 12.3. The number of hydrogen-bond acceptors (Lipinski definition) is 1. The van der Waals surface area contributed by atoms with Crippen molar-refractivity contribution in [2.45, 2.75) is 47.1 Å². The minimum atomic E-state index is -0.141. The molecule has 0 aliphatic rings. The standard InChI is InChI=1S/C16H26FN/c1-11(2)15(10-18-12(3)4)9-14-6-7-16(17)8-13(14)5/h6-8,11-12,15,18H,9-10H2,1-5H3. The maximum Gasteiger partial charge on any atom is 0.123 e. The minimum absolute atomic E-state index is 0.141. The molecule has 0 bridgehead atoms. The number of halogens is 1. The summed E-state index contributed by atoms with van der Waals surface area (Å²) in [5, 5.41) is 3.50. The summed E-state index contributed by atoms with van der Waals surface area (Å²) in [5.74, 6) is 1.08. The van der Waals surface area contributed by atoms with Crippen molar-refractivity contribution in [2.75, 3.05) is 6.54 Å². The van der Waals surface area contributed by atoms with E-state index < -0.39 is 0 Å². The Morgan fingerprint density at radius 1 is 1.17 bits per heavy atom. The lowest BCUT2D eigenvalue weighted by Gasteiger charge is -2.23. The molecule has 0 amide bonds. The zero-order valence-corrected chi connectivity index (χ0v) is 12.3. The van der Waals surface area contributed by atoms with Gasteiger partial charge >= 0.3 is 0 Å². The molecule has 0 fully saturated rings. The monoisotopic (exact) mass is 251 g/mol. The molecule has 0 aliphatic carbocycles. The van der Waals surface area contributed by atoms with Crippen molar-refractivity contribution in [1.29, 1.82) is 0 Å². The molecule has 1 nitrogen and oxygen atoms in total. The maximum atomic E-state index is 13.1. The van der Waals surface area contributed by atoms with E-state index in [1.54, 1.807) is 12.1 Å². The predicted octanol–water partition coefficient (Wildman–Crippen LogP) is 3.95. The van der Waals surface area contributed by atoms with E-state index >= 15 is 0 Å². The normalized spacial score (nSPS) is 13.3. The van der Waals surface area contributed by atoms with Crippen LogP contribution in [0.4, 0.5) is 4.39 Å². The molecular weight excluding hydrogens is 225 g/mol. The molecule has 0 saturated carbocycles. The third-order valence-electron chi connectivity index (χ3n) is 3.52. The molecule has 0 aliphatic heterocycles. The van der Waals surface area contributed by atoms with Crippen LogP contribution in [0.3, 0.4) is 0 Å². The number of nitrogens with one attached hydrogen (secondary N) is 1. The van der Waals surface area contributed by atoms with E-state index in [1.165, 1.54) is 5.56 Å². The largest absolute Gasteiger partial charge is 0.314 e. The molecule has 0 spiro atoms. The van der Waals surface area contributed by atoms with Crippen LogP contribution in [-0.2, 0) is 6.42 Å². The number of rotatable bonds is 6. The van der Waals surface area contributed by atoms with Crippen LogP contribution >= 0.6 is 0 Å². The van der Waals surface area contributed by atoms with Crippen LogP contribution in [0, 0.1) is 24.6 Å². The Hall–Kier alpha value is -0.890. The lowest BCUT2D eigenvalue weighted by atomic mass is 9.87. The minimum Gasteiger partial charge on any atom is -0.314 e. The fourth-order valence-electron chi connectivity index (χ4n) is 2.10. The van der Waals surface area contributed by atoms with E-state index in [2.05, 4.69) is 33.0 Å². The Morgan fingerprint density at radius 3 is 2.33 bits per heavy atom. The summed E-state index contributed by atoms with van der Waals surface area (Å²) in [6.07, 6.45) is 1.02. The van der Waals surface area contributed by atoms with Gasteiger partial charge in [-0.1, -0.05) is 33.8 Å². The Balaban J connectivity index is 2.70. The fraction of sp³-hybridized carbons (Fsp3) is 0.625. The summed E-state index contributed by atoms with van der Waals surface area (Å²) >= 11 is 0. The topological polar surface area (TPSA) is 12.0 Å². The van der Waals surface area contributed by atoms with Gasteiger partial charge in [0.15, 0.2) is 0 Å². The highest BCUT2D eigenvalue weighted by molar-refractivity contribution is 5.27.